The monoisotopic (exact) mass is 394 g/mol. The Morgan fingerprint density at radius 1 is 1.07 bits per heavy atom. The molecule has 0 spiro atoms. The van der Waals surface area contributed by atoms with Gasteiger partial charge >= 0.3 is 5.97 Å². The zero-order valence-corrected chi connectivity index (χ0v) is 16.3. The molecule has 0 fully saturated rings. The van der Waals surface area contributed by atoms with E-state index in [4.69, 9.17) is 9.47 Å². The molecule has 0 aromatic heterocycles. The standard InChI is InChI=1S/C22H22N2O5/c1-27-12-11-24-21(25)19(14-23)13-16-5-9-20(10-6-16)29-15-17-3-7-18(8-4-17)22(26)28-2/h3-10,13H,11-12,15H2,1-2H3,(H,24,25)/b19-13+. The number of nitrogens with one attached hydrogen (secondary N) is 1. The molecule has 0 saturated heterocycles. The quantitative estimate of drug-likeness (QED) is 0.304. The van der Waals surface area contributed by atoms with Crippen LogP contribution >= 0.6 is 0 Å². The van der Waals surface area contributed by atoms with Crippen LogP contribution in [0.25, 0.3) is 6.08 Å². The molecule has 1 N–H and O–H groups in total. The summed E-state index contributed by atoms with van der Waals surface area (Å²) in [4.78, 5) is 23.4. The average Bonchev–Trinajstić information content (AvgIpc) is 2.76. The Hall–Kier alpha value is -3.63. The molecule has 0 radical (unpaired) electrons. The molecule has 1 amide bonds. The number of hydrogen-bond donors (Lipinski definition) is 1. The van der Waals surface area contributed by atoms with Crippen molar-refractivity contribution >= 4 is 18.0 Å². The van der Waals surface area contributed by atoms with Gasteiger partial charge in [-0.2, -0.15) is 5.26 Å². The summed E-state index contributed by atoms with van der Waals surface area (Å²) in [6, 6.07) is 15.9. The van der Waals surface area contributed by atoms with E-state index in [0.717, 1.165) is 5.56 Å². The van der Waals surface area contributed by atoms with Gasteiger partial charge in [-0.05, 0) is 41.5 Å². The fourth-order valence-electron chi connectivity index (χ4n) is 2.36. The molecule has 0 unspecified atom stereocenters. The fraction of sp³-hybridized carbons (Fsp3) is 0.227. The van der Waals surface area contributed by atoms with Crippen molar-refractivity contribution in [2.24, 2.45) is 0 Å². The van der Waals surface area contributed by atoms with Crippen LogP contribution in [0.5, 0.6) is 5.75 Å². The molecule has 29 heavy (non-hydrogen) atoms. The number of amides is 1. The largest absolute Gasteiger partial charge is 0.489 e. The maximum Gasteiger partial charge on any atom is 0.337 e. The molecule has 0 heterocycles. The van der Waals surface area contributed by atoms with Crippen LogP contribution in [0.1, 0.15) is 21.5 Å². The van der Waals surface area contributed by atoms with Crippen molar-refractivity contribution in [3.05, 3.63) is 70.8 Å². The van der Waals surface area contributed by atoms with Gasteiger partial charge in [-0.25, -0.2) is 4.79 Å². The minimum Gasteiger partial charge on any atom is -0.489 e. The molecular weight excluding hydrogens is 372 g/mol. The molecule has 0 aliphatic heterocycles. The predicted octanol–water partition coefficient (Wildman–Crippen LogP) is 2.72. The van der Waals surface area contributed by atoms with E-state index >= 15 is 0 Å². The van der Waals surface area contributed by atoms with Crippen molar-refractivity contribution in [3.63, 3.8) is 0 Å². The molecule has 2 rings (SSSR count). The van der Waals surface area contributed by atoms with E-state index < -0.39 is 5.91 Å². The number of ether oxygens (including phenoxy) is 3. The Kier molecular flexibility index (Phi) is 8.42. The molecule has 2 aromatic carbocycles. The van der Waals surface area contributed by atoms with E-state index in [-0.39, 0.29) is 11.5 Å². The van der Waals surface area contributed by atoms with Crippen LogP contribution in [0.2, 0.25) is 0 Å². The van der Waals surface area contributed by atoms with Gasteiger partial charge in [-0.15, -0.1) is 0 Å². The van der Waals surface area contributed by atoms with Crippen molar-refractivity contribution in [2.75, 3.05) is 27.4 Å². The van der Waals surface area contributed by atoms with E-state index in [0.29, 0.717) is 36.6 Å². The lowest BCUT2D eigenvalue weighted by Crippen LogP contribution is -2.27. The zero-order valence-electron chi connectivity index (χ0n) is 16.3. The van der Waals surface area contributed by atoms with E-state index in [9.17, 15) is 14.9 Å². The average molecular weight is 394 g/mol. The van der Waals surface area contributed by atoms with E-state index in [1.54, 1.807) is 48.5 Å². The maximum atomic E-state index is 12.0. The van der Waals surface area contributed by atoms with Crippen LogP contribution in [-0.2, 0) is 20.9 Å². The summed E-state index contributed by atoms with van der Waals surface area (Å²) < 4.78 is 15.3. The van der Waals surface area contributed by atoms with Crippen molar-refractivity contribution in [3.8, 4) is 11.8 Å². The first-order valence-electron chi connectivity index (χ1n) is 8.86. The Labute approximate surface area is 169 Å². The number of esters is 1. The van der Waals surface area contributed by atoms with Crippen LogP contribution in [0.4, 0.5) is 0 Å². The van der Waals surface area contributed by atoms with Crippen LogP contribution < -0.4 is 10.1 Å². The molecule has 150 valence electrons. The zero-order chi connectivity index (χ0) is 21.1. The Morgan fingerprint density at radius 2 is 1.76 bits per heavy atom. The highest BCUT2D eigenvalue weighted by Gasteiger charge is 2.08. The fourth-order valence-corrected chi connectivity index (χ4v) is 2.36. The summed E-state index contributed by atoms with van der Waals surface area (Å²) in [5.41, 5.74) is 2.10. The third kappa shape index (κ3) is 6.79. The first kappa shape index (κ1) is 21.7. The number of rotatable bonds is 9. The molecule has 2 aromatic rings. The summed E-state index contributed by atoms with van der Waals surface area (Å²) in [5, 5.41) is 11.8. The topological polar surface area (TPSA) is 97.6 Å². The maximum absolute atomic E-state index is 12.0. The second kappa shape index (κ2) is 11.3. The lowest BCUT2D eigenvalue weighted by molar-refractivity contribution is -0.117. The van der Waals surface area contributed by atoms with Crippen LogP contribution in [-0.4, -0.2) is 39.2 Å². The highest BCUT2D eigenvalue weighted by atomic mass is 16.5. The lowest BCUT2D eigenvalue weighted by atomic mass is 10.1. The summed E-state index contributed by atoms with van der Waals surface area (Å²) in [7, 11) is 2.87. The summed E-state index contributed by atoms with van der Waals surface area (Å²) in [6.07, 6.45) is 1.51. The van der Waals surface area contributed by atoms with Gasteiger partial charge in [0, 0.05) is 13.7 Å². The highest BCUT2D eigenvalue weighted by molar-refractivity contribution is 6.01. The van der Waals surface area contributed by atoms with Gasteiger partial charge in [0.2, 0.25) is 0 Å². The van der Waals surface area contributed by atoms with Gasteiger partial charge in [-0.3, -0.25) is 4.79 Å². The number of methoxy groups -OCH3 is 2. The van der Waals surface area contributed by atoms with Gasteiger partial charge in [0.1, 0.15) is 24.0 Å². The molecule has 0 saturated carbocycles. The van der Waals surface area contributed by atoms with Gasteiger partial charge in [0.25, 0.3) is 5.91 Å². The number of carbonyl (C=O) groups is 2. The second-order valence-electron chi connectivity index (χ2n) is 5.96. The van der Waals surface area contributed by atoms with Gasteiger partial charge < -0.3 is 19.5 Å². The van der Waals surface area contributed by atoms with Crippen molar-refractivity contribution in [2.45, 2.75) is 6.61 Å². The number of benzene rings is 2. The van der Waals surface area contributed by atoms with E-state index in [2.05, 4.69) is 10.1 Å². The molecule has 0 atom stereocenters. The predicted molar refractivity (Wildman–Crippen MR) is 107 cm³/mol. The third-order valence-corrected chi connectivity index (χ3v) is 3.93. The lowest BCUT2D eigenvalue weighted by Gasteiger charge is -2.07. The Morgan fingerprint density at radius 3 is 2.34 bits per heavy atom. The Bertz CT molecular complexity index is 896. The Balaban J connectivity index is 1.94. The smallest absolute Gasteiger partial charge is 0.337 e. The van der Waals surface area contributed by atoms with Gasteiger partial charge in [0.05, 0.1) is 19.3 Å². The molecule has 0 aliphatic rings. The minimum absolute atomic E-state index is 0.0143. The van der Waals surface area contributed by atoms with Gasteiger partial charge in [0.15, 0.2) is 0 Å². The SMILES string of the molecule is COCCNC(=O)/C(C#N)=C/c1ccc(OCc2ccc(C(=O)OC)cc2)cc1. The van der Waals surface area contributed by atoms with Crippen LogP contribution in [0, 0.1) is 11.3 Å². The van der Waals surface area contributed by atoms with Crippen molar-refractivity contribution in [1.29, 1.82) is 5.26 Å². The highest BCUT2D eigenvalue weighted by Crippen LogP contribution is 2.16. The number of hydrogen-bond acceptors (Lipinski definition) is 6. The molecule has 0 bridgehead atoms. The molecule has 7 nitrogen and oxygen atoms in total. The minimum atomic E-state index is -0.444. The molecule has 7 heteroatoms. The normalized spacial score (nSPS) is 10.7. The summed E-state index contributed by atoms with van der Waals surface area (Å²) in [6.45, 7) is 1.05. The first-order chi connectivity index (χ1) is 14.1. The first-order valence-corrected chi connectivity index (χ1v) is 8.86. The summed E-state index contributed by atoms with van der Waals surface area (Å²) in [5.74, 6) is -0.187. The molecular formula is C22H22N2O5. The number of nitrogens with zero attached hydrogens (tertiary/aromatic N) is 1. The number of nitriles is 1. The molecule has 0 aliphatic carbocycles. The van der Waals surface area contributed by atoms with Gasteiger partial charge in [-0.1, -0.05) is 24.3 Å². The van der Waals surface area contributed by atoms with E-state index in [1.165, 1.54) is 20.3 Å². The van der Waals surface area contributed by atoms with Crippen LogP contribution in [0.3, 0.4) is 0 Å². The number of carbonyl (C=O) groups excluding carboxylic acids is 2. The third-order valence-electron chi connectivity index (χ3n) is 3.93. The van der Waals surface area contributed by atoms with Crippen molar-refractivity contribution < 1.29 is 23.8 Å². The second-order valence-corrected chi connectivity index (χ2v) is 5.96. The van der Waals surface area contributed by atoms with E-state index in [1.807, 2.05) is 6.07 Å². The van der Waals surface area contributed by atoms with Crippen molar-refractivity contribution in [1.82, 2.24) is 5.32 Å². The summed E-state index contributed by atoms with van der Waals surface area (Å²) >= 11 is 0. The van der Waals surface area contributed by atoms with Crippen LogP contribution in [0.15, 0.2) is 54.1 Å².